The lowest BCUT2D eigenvalue weighted by Gasteiger charge is -2.10. The van der Waals surface area contributed by atoms with Crippen molar-refractivity contribution in [1.82, 2.24) is 25.4 Å². The van der Waals surface area contributed by atoms with Crippen molar-refractivity contribution >= 4 is 29.9 Å². The van der Waals surface area contributed by atoms with Crippen molar-refractivity contribution in [3.8, 4) is 0 Å². The molecule has 0 atom stereocenters. The van der Waals surface area contributed by atoms with Gasteiger partial charge in [-0.1, -0.05) is 6.07 Å². The average Bonchev–Trinajstić information content (AvgIpc) is 2.89. The Bertz CT molecular complexity index is 552. The molecule has 0 amide bonds. The van der Waals surface area contributed by atoms with E-state index >= 15 is 0 Å². The van der Waals surface area contributed by atoms with Gasteiger partial charge in [-0.25, -0.2) is 4.99 Å². The highest BCUT2D eigenvalue weighted by Gasteiger charge is 2.00. The maximum atomic E-state index is 4.53. The van der Waals surface area contributed by atoms with Gasteiger partial charge in [0.05, 0.1) is 25.0 Å². The van der Waals surface area contributed by atoms with E-state index in [2.05, 4.69) is 25.7 Å². The third-order valence-corrected chi connectivity index (χ3v) is 2.69. The van der Waals surface area contributed by atoms with Crippen molar-refractivity contribution in [2.45, 2.75) is 20.0 Å². The Morgan fingerprint density at radius 2 is 2.19 bits per heavy atom. The molecule has 0 bridgehead atoms. The van der Waals surface area contributed by atoms with Crippen LogP contribution >= 0.6 is 24.0 Å². The number of nitrogens with zero attached hydrogens (tertiary/aromatic N) is 4. The molecule has 2 heterocycles. The zero-order chi connectivity index (χ0) is 14.2. The summed E-state index contributed by atoms with van der Waals surface area (Å²) in [6, 6.07) is 5.87. The summed E-state index contributed by atoms with van der Waals surface area (Å²) in [5.74, 6) is 0.780. The number of aromatic nitrogens is 3. The van der Waals surface area contributed by atoms with E-state index in [4.69, 9.17) is 0 Å². The van der Waals surface area contributed by atoms with E-state index < -0.39 is 0 Å². The first-order chi connectivity index (χ1) is 9.78. The topological polar surface area (TPSA) is 67.1 Å². The van der Waals surface area contributed by atoms with Gasteiger partial charge in [0.2, 0.25) is 0 Å². The molecule has 0 aliphatic carbocycles. The van der Waals surface area contributed by atoms with Crippen LogP contribution in [0.2, 0.25) is 0 Å². The third-order valence-electron chi connectivity index (χ3n) is 2.69. The molecule has 0 unspecified atom stereocenters. The lowest BCUT2D eigenvalue weighted by atomic mass is 10.3. The molecule has 0 fully saturated rings. The van der Waals surface area contributed by atoms with E-state index in [1.54, 1.807) is 10.9 Å². The van der Waals surface area contributed by atoms with Crippen LogP contribution in [0.15, 0.2) is 41.8 Å². The lowest BCUT2D eigenvalue weighted by molar-refractivity contribution is 0.766. The van der Waals surface area contributed by atoms with Gasteiger partial charge in [-0.3, -0.25) is 9.67 Å². The normalized spacial score (nSPS) is 10.9. The zero-order valence-corrected chi connectivity index (χ0v) is 14.6. The van der Waals surface area contributed by atoms with Gasteiger partial charge in [-0.15, -0.1) is 24.0 Å². The second kappa shape index (κ2) is 9.32. The minimum absolute atomic E-state index is 0. The summed E-state index contributed by atoms with van der Waals surface area (Å²) in [7, 11) is 1.90. The fourth-order valence-electron chi connectivity index (χ4n) is 1.74. The number of hydrogen-bond acceptors (Lipinski definition) is 3. The van der Waals surface area contributed by atoms with Crippen molar-refractivity contribution in [1.29, 1.82) is 0 Å². The van der Waals surface area contributed by atoms with Crippen LogP contribution in [0.25, 0.3) is 0 Å². The molecule has 6 nitrogen and oxygen atoms in total. The number of nitrogens with one attached hydrogen (secondary N) is 2. The van der Waals surface area contributed by atoms with Crippen LogP contribution < -0.4 is 10.6 Å². The van der Waals surface area contributed by atoms with E-state index in [9.17, 15) is 0 Å². The summed E-state index contributed by atoms with van der Waals surface area (Å²) in [6.07, 6.45) is 5.58. The molecule has 0 saturated heterocycles. The van der Waals surface area contributed by atoms with E-state index in [0.29, 0.717) is 13.1 Å². The van der Waals surface area contributed by atoms with Crippen LogP contribution in [-0.2, 0) is 20.1 Å². The van der Waals surface area contributed by atoms with E-state index in [0.717, 1.165) is 23.8 Å². The van der Waals surface area contributed by atoms with Crippen molar-refractivity contribution in [2.24, 2.45) is 12.0 Å². The smallest absolute Gasteiger partial charge is 0.191 e. The Kier molecular flexibility index (Phi) is 7.73. The molecular formula is C14H21IN6. The first kappa shape index (κ1) is 17.4. The Morgan fingerprint density at radius 3 is 2.81 bits per heavy atom. The predicted octanol–water partition coefficient (Wildman–Crippen LogP) is 1.69. The number of halogens is 1. The van der Waals surface area contributed by atoms with Crippen molar-refractivity contribution in [3.63, 3.8) is 0 Å². The minimum Gasteiger partial charge on any atom is -0.357 e. The van der Waals surface area contributed by atoms with Gasteiger partial charge in [0.25, 0.3) is 0 Å². The van der Waals surface area contributed by atoms with Crippen LogP contribution in [-0.4, -0.2) is 27.3 Å². The average molecular weight is 400 g/mol. The van der Waals surface area contributed by atoms with Gasteiger partial charge in [0, 0.05) is 31.5 Å². The quantitative estimate of drug-likeness (QED) is 0.456. The number of aryl methyl sites for hydroxylation is 1. The van der Waals surface area contributed by atoms with Crippen molar-refractivity contribution in [2.75, 3.05) is 6.54 Å². The second-order valence-corrected chi connectivity index (χ2v) is 4.39. The van der Waals surface area contributed by atoms with Gasteiger partial charge >= 0.3 is 0 Å². The number of guanidine groups is 1. The first-order valence-corrected chi connectivity index (χ1v) is 6.67. The third kappa shape index (κ3) is 6.11. The largest absolute Gasteiger partial charge is 0.357 e. The Hall–Kier alpha value is -1.64. The van der Waals surface area contributed by atoms with Gasteiger partial charge in [-0.05, 0) is 19.1 Å². The summed E-state index contributed by atoms with van der Waals surface area (Å²) in [4.78, 5) is 8.80. The zero-order valence-electron chi connectivity index (χ0n) is 12.3. The number of rotatable bonds is 5. The molecule has 0 aliphatic heterocycles. The van der Waals surface area contributed by atoms with Crippen molar-refractivity contribution < 1.29 is 0 Å². The number of aliphatic imine (C=N–C) groups is 1. The molecule has 2 aromatic heterocycles. The van der Waals surface area contributed by atoms with Gasteiger partial charge in [-0.2, -0.15) is 5.10 Å². The monoisotopic (exact) mass is 400 g/mol. The van der Waals surface area contributed by atoms with Crippen molar-refractivity contribution in [3.05, 3.63) is 48.0 Å². The molecule has 2 aromatic rings. The van der Waals surface area contributed by atoms with Crippen LogP contribution in [0.3, 0.4) is 0 Å². The maximum Gasteiger partial charge on any atom is 0.191 e. The Morgan fingerprint density at radius 1 is 1.33 bits per heavy atom. The molecule has 2 rings (SSSR count). The highest BCUT2D eigenvalue weighted by Crippen LogP contribution is 1.98. The number of pyridine rings is 1. The molecular weight excluding hydrogens is 379 g/mol. The van der Waals surface area contributed by atoms with E-state index in [1.165, 1.54) is 0 Å². The molecule has 114 valence electrons. The summed E-state index contributed by atoms with van der Waals surface area (Å²) in [6.45, 7) is 4.12. The summed E-state index contributed by atoms with van der Waals surface area (Å²) < 4.78 is 1.78. The standard InChI is InChI=1S/C14H20N6.HI/c1-3-15-14(17-8-12-9-19-20(2)11-12)18-10-13-6-4-5-7-16-13;/h4-7,9,11H,3,8,10H2,1-2H3,(H2,15,17,18);1H. The predicted molar refractivity (Wildman–Crippen MR) is 94.5 cm³/mol. The highest BCUT2D eigenvalue weighted by atomic mass is 127. The van der Waals surface area contributed by atoms with E-state index in [-0.39, 0.29) is 24.0 Å². The van der Waals surface area contributed by atoms with Gasteiger partial charge in [0.1, 0.15) is 0 Å². The maximum absolute atomic E-state index is 4.53. The van der Waals surface area contributed by atoms with Crippen LogP contribution in [0.1, 0.15) is 18.2 Å². The number of hydrogen-bond donors (Lipinski definition) is 2. The lowest BCUT2D eigenvalue weighted by Crippen LogP contribution is -2.36. The van der Waals surface area contributed by atoms with E-state index in [1.807, 2.05) is 44.6 Å². The molecule has 0 radical (unpaired) electrons. The van der Waals surface area contributed by atoms with Crippen LogP contribution in [0.4, 0.5) is 0 Å². The Labute approximate surface area is 142 Å². The fraction of sp³-hybridized carbons (Fsp3) is 0.357. The molecule has 0 spiro atoms. The van der Waals surface area contributed by atoms with Crippen LogP contribution in [0.5, 0.6) is 0 Å². The second-order valence-electron chi connectivity index (χ2n) is 4.39. The first-order valence-electron chi connectivity index (χ1n) is 6.67. The summed E-state index contributed by atoms with van der Waals surface area (Å²) >= 11 is 0. The SMILES string of the molecule is CCNC(=NCc1cnn(C)c1)NCc1ccccn1.I. The van der Waals surface area contributed by atoms with Crippen LogP contribution in [0, 0.1) is 0 Å². The molecule has 7 heteroatoms. The molecule has 2 N–H and O–H groups in total. The molecule has 0 saturated carbocycles. The summed E-state index contributed by atoms with van der Waals surface area (Å²) in [5.41, 5.74) is 2.07. The molecule has 21 heavy (non-hydrogen) atoms. The fourth-order valence-corrected chi connectivity index (χ4v) is 1.74. The summed E-state index contributed by atoms with van der Waals surface area (Å²) in [5, 5.41) is 10.6. The van der Waals surface area contributed by atoms with Gasteiger partial charge < -0.3 is 10.6 Å². The molecule has 0 aliphatic rings. The Balaban J connectivity index is 0.00000220. The van der Waals surface area contributed by atoms with Gasteiger partial charge in [0.15, 0.2) is 5.96 Å². The molecule has 0 aromatic carbocycles. The highest BCUT2D eigenvalue weighted by molar-refractivity contribution is 14.0. The minimum atomic E-state index is 0.